The van der Waals surface area contributed by atoms with Crippen LogP contribution in [0.4, 0.5) is 11.4 Å². The van der Waals surface area contributed by atoms with Crippen molar-refractivity contribution in [1.82, 2.24) is 24.9 Å². The zero-order valence-electron chi connectivity index (χ0n) is 27.6. The molecule has 4 aromatic carbocycles. The molecule has 0 saturated carbocycles. The van der Waals surface area contributed by atoms with Crippen molar-refractivity contribution in [3.63, 3.8) is 0 Å². The highest BCUT2D eigenvalue weighted by atomic mass is 14.7. The quantitative estimate of drug-likeness (QED) is 0.135. The zero-order valence-corrected chi connectivity index (χ0v) is 27.6. The molecule has 7 heteroatoms. The number of fused-ring (bicyclic) bond motifs is 5. The number of hydrogen-bond donors (Lipinski definition) is 0. The molecule has 0 saturated heterocycles. The zero-order chi connectivity index (χ0) is 35.0. The van der Waals surface area contributed by atoms with Gasteiger partial charge in [0.25, 0.3) is 0 Å². The predicted octanol–water partition coefficient (Wildman–Crippen LogP) is 11.6. The topological polar surface area (TPSA) is 73.2 Å². The average Bonchev–Trinajstić information content (AvgIpc) is 3.23. The van der Waals surface area contributed by atoms with Gasteiger partial charge in [-0.15, -0.1) is 0 Å². The molecular formula is C45H25N7. The summed E-state index contributed by atoms with van der Waals surface area (Å²) in [6, 6.07) is 38.4. The molecule has 0 spiro atoms. The standard InChI is InChI=1S/C45H25N7/c1-46-34-21-33(22-35(25-34)47-2)39-27-41-36-8-4-14-50-44(36)38(26-40(41)37-9-5-15-51-45(37)39)31-7-3-6-30(20-31)32-23-42(28-10-16-48-17-11-28)52-43(24-32)29-12-18-49-19-13-29/h3-27H. The van der Waals surface area contributed by atoms with E-state index >= 15 is 0 Å². The summed E-state index contributed by atoms with van der Waals surface area (Å²) in [6.07, 6.45) is 10.8. The fourth-order valence-corrected chi connectivity index (χ4v) is 6.93. The molecule has 7 nitrogen and oxygen atoms in total. The molecule has 0 aliphatic heterocycles. The molecule has 5 aromatic heterocycles. The summed E-state index contributed by atoms with van der Waals surface area (Å²) in [5, 5.41) is 4.05. The van der Waals surface area contributed by atoms with E-state index < -0.39 is 0 Å². The first-order valence-electron chi connectivity index (χ1n) is 16.6. The maximum Gasteiger partial charge on any atom is 0.177 e. The summed E-state index contributed by atoms with van der Waals surface area (Å²) < 4.78 is 0. The first-order chi connectivity index (χ1) is 25.7. The van der Waals surface area contributed by atoms with Crippen LogP contribution in [0.15, 0.2) is 152 Å². The van der Waals surface area contributed by atoms with E-state index in [9.17, 15) is 0 Å². The SMILES string of the molecule is [C-]#[N+]c1cc([N+]#[C-])cc(-c2cc3c4cccnc4c(-c4cccc(-c5cc(-c6ccncc6)nc(-c6ccncc6)c5)c4)cc3c3cccnc23)c1. The smallest absolute Gasteiger partial charge is 0.177 e. The lowest BCUT2D eigenvalue weighted by molar-refractivity contribution is 1.27. The number of nitrogens with zero attached hydrogens (tertiary/aromatic N) is 7. The van der Waals surface area contributed by atoms with Gasteiger partial charge < -0.3 is 0 Å². The van der Waals surface area contributed by atoms with Gasteiger partial charge in [-0.1, -0.05) is 48.5 Å². The lowest BCUT2D eigenvalue weighted by Crippen LogP contribution is -1.93. The fraction of sp³-hybridized carbons (Fsp3) is 0. The van der Waals surface area contributed by atoms with Gasteiger partial charge in [0.05, 0.1) is 35.6 Å². The largest absolute Gasteiger partial charge is 0.265 e. The third kappa shape index (κ3) is 5.36. The van der Waals surface area contributed by atoms with Crippen LogP contribution in [-0.2, 0) is 0 Å². The highest BCUT2D eigenvalue weighted by Crippen LogP contribution is 2.42. The number of benzene rings is 4. The first kappa shape index (κ1) is 30.4. The van der Waals surface area contributed by atoms with Gasteiger partial charge in [-0.2, -0.15) is 0 Å². The van der Waals surface area contributed by atoms with E-state index in [1.54, 1.807) is 37.1 Å². The van der Waals surface area contributed by atoms with Crippen molar-refractivity contribution in [2.45, 2.75) is 0 Å². The molecule has 0 atom stereocenters. The molecule has 52 heavy (non-hydrogen) atoms. The van der Waals surface area contributed by atoms with Crippen molar-refractivity contribution in [3.05, 3.63) is 175 Å². The van der Waals surface area contributed by atoms with Crippen LogP contribution in [0, 0.1) is 13.1 Å². The maximum absolute atomic E-state index is 7.64. The third-order valence-electron chi connectivity index (χ3n) is 9.33. The van der Waals surface area contributed by atoms with Crippen LogP contribution in [0.25, 0.3) is 98.2 Å². The Bertz CT molecular complexity index is 2840. The number of hydrogen-bond acceptors (Lipinski definition) is 5. The van der Waals surface area contributed by atoms with E-state index in [0.29, 0.717) is 11.4 Å². The molecule has 0 aliphatic rings. The lowest BCUT2D eigenvalue weighted by atomic mass is 9.90. The normalized spacial score (nSPS) is 11.0. The Balaban J connectivity index is 1.26. The van der Waals surface area contributed by atoms with Crippen molar-refractivity contribution in [2.24, 2.45) is 0 Å². The van der Waals surface area contributed by atoms with E-state index in [0.717, 1.165) is 88.5 Å². The molecule has 0 amide bonds. The Morgan fingerprint density at radius 2 is 0.904 bits per heavy atom. The van der Waals surface area contributed by atoms with Gasteiger partial charge in [0, 0.05) is 70.2 Å². The second-order valence-electron chi connectivity index (χ2n) is 12.4. The summed E-state index contributed by atoms with van der Waals surface area (Å²) in [4.78, 5) is 30.5. The number of rotatable bonds is 5. The average molecular weight is 664 g/mol. The van der Waals surface area contributed by atoms with Crippen molar-refractivity contribution in [2.75, 3.05) is 0 Å². The molecule has 0 N–H and O–H groups in total. The Hall–Kier alpha value is -7.61. The fourth-order valence-electron chi connectivity index (χ4n) is 6.93. The van der Waals surface area contributed by atoms with Crippen LogP contribution >= 0.6 is 0 Å². The highest BCUT2D eigenvalue weighted by Gasteiger charge is 2.17. The van der Waals surface area contributed by atoms with Gasteiger partial charge >= 0.3 is 0 Å². The van der Waals surface area contributed by atoms with E-state index in [1.807, 2.05) is 54.7 Å². The molecule has 5 heterocycles. The number of pyridine rings is 5. The molecular weight excluding hydrogens is 639 g/mol. The van der Waals surface area contributed by atoms with Crippen molar-refractivity contribution >= 4 is 44.0 Å². The van der Waals surface area contributed by atoms with Gasteiger partial charge in [0.2, 0.25) is 0 Å². The van der Waals surface area contributed by atoms with E-state index in [-0.39, 0.29) is 0 Å². The summed E-state index contributed by atoms with van der Waals surface area (Å²) in [5.74, 6) is 0. The summed E-state index contributed by atoms with van der Waals surface area (Å²) in [5.41, 5.74) is 12.0. The van der Waals surface area contributed by atoms with Gasteiger partial charge in [0.1, 0.15) is 0 Å². The third-order valence-corrected chi connectivity index (χ3v) is 9.33. The van der Waals surface area contributed by atoms with Crippen LogP contribution in [-0.4, -0.2) is 24.9 Å². The summed E-state index contributed by atoms with van der Waals surface area (Å²) >= 11 is 0. The van der Waals surface area contributed by atoms with Crippen LogP contribution in [0.1, 0.15) is 0 Å². The lowest BCUT2D eigenvalue weighted by Gasteiger charge is -2.16. The minimum Gasteiger partial charge on any atom is -0.265 e. The second-order valence-corrected chi connectivity index (χ2v) is 12.4. The Labute approximate surface area is 299 Å². The Kier molecular flexibility index (Phi) is 7.43. The van der Waals surface area contributed by atoms with Gasteiger partial charge in [-0.05, 0) is 99.8 Å². The van der Waals surface area contributed by atoms with E-state index in [2.05, 4.69) is 80.3 Å². The van der Waals surface area contributed by atoms with Crippen LogP contribution in [0.5, 0.6) is 0 Å². The van der Waals surface area contributed by atoms with Gasteiger partial charge in [-0.3, -0.25) is 19.9 Å². The van der Waals surface area contributed by atoms with E-state index in [4.69, 9.17) is 28.1 Å². The van der Waals surface area contributed by atoms with Crippen molar-refractivity contribution in [3.8, 4) is 55.9 Å². The predicted molar refractivity (Wildman–Crippen MR) is 208 cm³/mol. The Morgan fingerprint density at radius 3 is 1.44 bits per heavy atom. The molecule has 0 fully saturated rings. The van der Waals surface area contributed by atoms with Crippen LogP contribution in [0.3, 0.4) is 0 Å². The summed E-state index contributed by atoms with van der Waals surface area (Å²) in [7, 11) is 0. The first-order valence-corrected chi connectivity index (χ1v) is 16.6. The van der Waals surface area contributed by atoms with Crippen molar-refractivity contribution in [1.29, 1.82) is 0 Å². The monoisotopic (exact) mass is 663 g/mol. The maximum atomic E-state index is 7.64. The number of aromatic nitrogens is 5. The van der Waals surface area contributed by atoms with Crippen molar-refractivity contribution < 1.29 is 0 Å². The van der Waals surface area contributed by atoms with Crippen LogP contribution in [0.2, 0.25) is 0 Å². The van der Waals surface area contributed by atoms with Crippen LogP contribution < -0.4 is 0 Å². The summed E-state index contributed by atoms with van der Waals surface area (Å²) in [6.45, 7) is 15.3. The van der Waals surface area contributed by atoms with Gasteiger partial charge in [0.15, 0.2) is 11.4 Å². The molecule has 0 bridgehead atoms. The minimum atomic E-state index is 0.421. The van der Waals surface area contributed by atoms with Gasteiger partial charge in [-0.25, -0.2) is 14.7 Å². The molecule has 9 aromatic rings. The Morgan fingerprint density at radius 1 is 0.385 bits per heavy atom. The van der Waals surface area contributed by atoms with E-state index in [1.165, 1.54) is 0 Å². The molecule has 9 rings (SSSR count). The minimum absolute atomic E-state index is 0.421. The molecule has 0 unspecified atom stereocenters. The highest BCUT2D eigenvalue weighted by molar-refractivity contribution is 6.22. The molecule has 240 valence electrons. The second kappa shape index (κ2) is 12.7. The molecule has 0 radical (unpaired) electrons. The molecule has 0 aliphatic carbocycles.